The van der Waals surface area contributed by atoms with Crippen molar-refractivity contribution in [3.63, 3.8) is 0 Å². The molecule has 8 heteroatoms. The first-order valence-corrected chi connectivity index (χ1v) is 13.3. The summed E-state index contributed by atoms with van der Waals surface area (Å²) in [7, 11) is -3.44. The average Bonchev–Trinajstić information content (AvgIpc) is 3.13. The topological polar surface area (TPSA) is 71.9 Å². The maximum Gasteiger partial charge on any atom is 0.253 e. The Balaban J connectivity index is 1.56. The van der Waals surface area contributed by atoms with Crippen molar-refractivity contribution in [1.82, 2.24) is 13.8 Å². The maximum atomic E-state index is 13.1. The molecule has 0 saturated carbocycles. The van der Waals surface area contributed by atoms with E-state index in [1.54, 1.807) is 6.07 Å². The van der Waals surface area contributed by atoms with Gasteiger partial charge in [-0.2, -0.15) is 0 Å². The summed E-state index contributed by atoms with van der Waals surface area (Å²) in [5.74, 6) is 0.0551. The van der Waals surface area contributed by atoms with E-state index >= 15 is 0 Å². The molecule has 0 aliphatic carbocycles. The van der Waals surface area contributed by atoms with Crippen molar-refractivity contribution >= 4 is 26.8 Å². The van der Waals surface area contributed by atoms with Crippen molar-refractivity contribution in [2.24, 2.45) is 0 Å². The number of rotatable bonds is 3. The number of benzene rings is 1. The number of aromatic nitrogens is 1. The van der Waals surface area contributed by atoms with E-state index in [1.165, 1.54) is 16.6 Å². The number of hydrogen-bond acceptors (Lipinski definition) is 5. The van der Waals surface area contributed by atoms with Crippen LogP contribution in [0.1, 0.15) is 53.7 Å². The molecular weight excluding hydrogens is 414 g/mol. The van der Waals surface area contributed by atoms with Gasteiger partial charge in [0.2, 0.25) is 10.0 Å². The third kappa shape index (κ3) is 3.90. The lowest BCUT2D eigenvalue weighted by Crippen LogP contribution is -2.42. The number of fused-ring (bicyclic) bond motifs is 3. The van der Waals surface area contributed by atoms with Crippen LogP contribution in [-0.4, -0.2) is 73.2 Å². The Bertz CT molecular complexity index is 1100. The first kappa shape index (κ1) is 21.0. The monoisotopic (exact) mass is 445 g/mol. The van der Waals surface area contributed by atoms with Crippen molar-refractivity contribution in [2.75, 3.05) is 39.1 Å². The lowest BCUT2D eigenvalue weighted by molar-refractivity contribution is 0.0290. The summed E-state index contributed by atoms with van der Waals surface area (Å²) in [5.41, 5.74) is 3.29. The molecule has 31 heavy (non-hydrogen) atoms. The second kappa shape index (κ2) is 8.22. The van der Waals surface area contributed by atoms with E-state index in [0.29, 0.717) is 23.5 Å². The van der Waals surface area contributed by atoms with Gasteiger partial charge < -0.3 is 9.64 Å². The van der Waals surface area contributed by atoms with E-state index in [2.05, 4.69) is 4.90 Å². The number of ether oxygens (including phenoxy) is 1. The van der Waals surface area contributed by atoms with Crippen LogP contribution in [-0.2, 0) is 27.7 Å². The Labute approximate surface area is 184 Å². The van der Waals surface area contributed by atoms with E-state index in [-0.39, 0.29) is 5.91 Å². The highest BCUT2D eigenvalue weighted by Gasteiger charge is 2.31. The average molecular weight is 446 g/mol. The van der Waals surface area contributed by atoms with Crippen LogP contribution < -0.4 is 0 Å². The van der Waals surface area contributed by atoms with E-state index < -0.39 is 10.0 Å². The molecule has 2 saturated heterocycles. The predicted molar refractivity (Wildman–Crippen MR) is 120 cm³/mol. The summed E-state index contributed by atoms with van der Waals surface area (Å²) >= 11 is 0. The first-order chi connectivity index (χ1) is 14.9. The Morgan fingerprint density at radius 1 is 1.06 bits per heavy atom. The van der Waals surface area contributed by atoms with E-state index in [1.807, 2.05) is 17.0 Å². The minimum Gasteiger partial charge on any atom is -0.381 e. The van der Waals surface area contributed by atoms with Gasteiger partial charge in [-0.05, 0) is 55.9 Å². The second-order valence-electron chi connectivity index (χ2n) is 9.10. The number of carbonyl (C=O) groups excluding carboxylic acids is 1. The summed E-state index contributed by atoms with van der Waals surface area (Å²) < 4.78 is 32.4. The molecule has 2 aromatic rings. The van der Waals surface area contributed by atoms with Crippen LogP contribution in [0.3, 0.4) is 0 Å². The van der Waals surface area contributed by atoms with Gasteiger partial charge in [-0.3, -0.25) is 9.69 Å². The Morgan fingerprint density at radius 2 is 1.81 bits per heavy atom. The zero-order valence-corrected chi connectivity index (χ0v) is 19.0. The molecule has 168 valence electrons. The Hall–Kier alpha value is -1.90. The molecule has 5 rings (SSSR count). The van der Waals surface area contributed by atoms with Gasteiger partial charge in [0.05, 0.1) is 11.8 Å². The summed E-state index contributed by atoms with van der Waals surface area (Å²) in [5, 5.41) is 0.903. The van der Waals surface area contributed by atoms with E-state index in [9.17, 15) is 13.2 Å². The standard InChI is InChI=1S/C23H31N3O4S/c1-31(28,29)26-21-6-5-17(23(27)24-10-3-2-4-11-24)15-19(21)20-16-25(12-7-22(20)26)18-8-13-30-14-9-18/h5-6,15,18H,2-4,7-14,16H2,1H3. The number of hydrogen-bond donors (Lipinski definition) is 0. The summed E-state index contributed by atoms with van der Waals surface area (Å²) in [6.07, 6.45) is 7.27. The number of likely N-dealkylation sites (tertiary alicyclic amines) is 1. The van der Waals surface area contributed by atoms with Crippen molar-refractivity contribution < 1.29 is 17.9 Å². The fourth-order valence-electron chi connectivity index (χ4n) is 5.49. The van der Waals surface area contributed by atoms with Gasteiger partial charge in [-0.1, -0.05) is 0 Å². The zero-order valence-electron chi connectivity index (χ0n) is 18.2. The van der Waals surface area contributed by atoms with Crippen molar-refractivity contribution in [1.29, 1.82) is 0 Å². The smallest absolute Gasteiger partial charge is 0.253 e. The van der Waals surface area contributed by atoms with Crippen LogP contribution >= 0.6 is 0 Å². The number of carbonyl (C=O) groups is 1. The van der Waals surface area contributed by atoms with Gasteiger partial charge in [0, 0.05) is 68.5 Å². The molecule has 0 unspecified atom stereocenters. The van der Waals surface area contributed by atoms with Crippen LogP contribution in [0.15, 0.2) is 18.2 Å². The van der Waals surface area contributed by atoms with Crippen LogP contribution in [0.4, 0.5) is 0 Å². The molecule has 7 nitrogen and oxygen atoms in total. The summed E-state index contributed by atoms with van der Waals surface area (Å²) in [6, 6.07) is 6.02. The minimum absolute atomic E-state index is 0.0551. The highest BCUT2D eigenvalue weighted by molar-refractivity contribution is 7.89. The van der Waals surface area contributed by atoms with Crippen LogP contribution in [0.25, 0.3) is 10.9 Å². The molecule has 0 atom stereocenters. The molecule has 2 fully saturated rings. The molecule has 0 spiro atoms. The van der Waals surface area contributed by atoms with Gasteiger partial charge in [-0.25, -0.2) is 12.4 Å². The molecule has 0 N–H and O–H groups in total. The fraction of sp³-hybridized carbons (Fsp3) is 0.609. The van der Waals surface area contributed by atoms with Gasteiger partial charge in [0.1, 0.15) is 0 Å². The van der Waals surface area contributed by atoms with Gasteiger partial charge in [0.15, 0.2) is 0 Å². The second-order valence-corrected chi connectivity index (χ2v) is 10.9. The molecule has 3 aliphatic heterocycles. The number of amides is 1. The summed E-state index contributed by atoms with van der Waals surface area (Å²) in [4.78, 5) is 17.5. The molecular formula is C23H31N3O4S. The molecule has 1 amide bonds. The Morgan fingerprint density at radius 3 is 2.52 bits per heavy atom. The molecule has 1 aromatic carbocycles. The maximum absolute atomic E-state index is 13.1. The van der Waals surface area contributed by atoms with Crippen LogP contribution in [0, 0.1) is 0 Å². The van der Waals surface area contributed by atoms with Crippen LogP contribution in [0.2, 0.25) is 0 Å². The van der Waals surface area contributed by atoms with Crippen molar-refractivity contribution in [2.45, 2.75) is 51.1 Å². The molecule has 0 radical (unpaired) electrons. The third-order valence-corrected chi connectivity index (χ3v) is 8.14. The highest BCUT2D eigenvalue weighted by Crippen LogP contribution is 2.34. The summed E-state index contributed by atoms with van der Waals surface area (Å²) in [6.45, 7) is 4.75. The molecule has 4 heterocycles. The lowest BCUT2D eigenvalue weighted by Gasteiger charge is -2.37. The van der Waals surface area contributed by atoms with Crippen molar-refractivity contribution in [3.05, 3.63) is 35.0 Å². The molecule has 3 aliphatic rings. The van der Waals surface area contributed by atoms with Gasteiger partial charge in [0.25, 0.3) is 5.91 Å². The molecule has 0 bridgehead atoms. The van der Waals surface area contributed by atoms with Gasteiger partial charge in [-0.15, -0.1) is 0 Å². The Kier molecular flexibility index (Phi) is 5.56. The van der Waals surface area contributed by atoms with E-state index in [0.717, 1.165) is 81.7 Å². The largest absolute Gasteiger partial charge is 0.381 e. The fourth-order valence-corrected chi connectivity index (χ4v) is 6.61. The van der Waals surface area contributed by atoms with Crippen LogP contribution in [0.5, 0.6) is 0 Å². The number of piperidine rings is 1. The third-order valence-electron chi connectivity index (χ3n) is 7.06. The lowest BCUT2D eigenvalue weighted by atomic mass is 9.98. The minimum atomic E-state index is -3.44. The molecule has 1 aromatic heterocycles. The van der Waals surface area contributed by atoms with Crippen molar-refractivity contribution in [3.8, 4) is 0 Å². The zero-order chi connectivity index (χ0) is 21.6. The SMILES string of the molecule is CS(=O)(=O)n1c2c(c3cc(C(=O)N4CCCCC4)ccc31)CN(C1CCOCC1)CC2. The van der Waals surface area contributed by atoms with E-state index in [4.69, 9.17) is 4.74 Å². The predicted octanol–water partition coefficient (Wildman–Crippen LogP) is 2.61. The quantitative estimate of drug-likeness (QED) is 0.726. The normalized spacial score (nSPS) is 21.4. The van der Waals surface area contributed by atoms with Gasteiger partial charge >= 0.3 is 0 Å². The number of nitrogens with zero attached hydrogens (tertiary/aromatic N) is 3. The first-order valence-electron chi connectivity index (χ1n) is 11.4. The highest BCUT2D eigenvalue weighted by atomic mass is 32.2.